The number of nitrogens with zero attached hydrogens (tertiary/aromatic N) is 6. The number of halogens is 2. The molecule has 0 spiro atoms. The van der Waals surface area contributed by atoms with E-state index in [4.69, 9.17) is 40.4 Å². The zero-order valence-electron chi connectivity index (χ0n) is 44.5. The molecular weight excluding hydrogens is 991 g/mol. The van der Waals surface area contributed by atoms with Crippen LogP contribution in [0.15, 0.2) is 48.5 Å². The Bertz CT molecular complexity index is 3010. The molecule has 6 aliphatic rings. The molecular formula is C57H72F2N10O8. The van der Waals surface area contributed by atoms with Gasteiger partial charge in [0.1, 0.15) is 17.3 Å². The first-order valence-electron chi connectivity index (χ1n) is 27.7. The second-order valence-corrected chi connectivity index (χ2v) is 23.3. The largest absolute Gasteiger partial charge is 0.436 e. The number of hydrogen-bond donors (Lipinski definition) is 4. The predicted octanol–water partition coefficient (Wildman–Crippen LogP) is 8.95. The van der Waals surface area contributed by atoms with Crippen molar-refractivity contribution >= 4 is 57.4 Å². The maximum Gasteiger partial charge on any atom is 0.405 e. The SMILES string of the molecule is CC1CC(c2ccc3nc(C4CCCN4C(=O)[C@@H](OC(N)=O)C4CCOCC4)[nH]c3c2)N(c2cc(F)c(N3CCC(C)(C)CC3)c(F)c2)[C@@]1(C)c1ccc2nc(C3CCCN3C(=O)[C@@H](OC(N)=O)C3CCOCC3)[nH]c2c1. The molecule has 3 aromatic carbocycles. The fraction of sp³-hybridized carbons (Fsp3) is 0.579. The van der Waals surface area contributed by atoms with Crippen molar-refractivity contribution in [2.24, 2.45) is 34.6 Å². The smallest absolute Gasteiger partial charge is 0.405 e. The van der Waals surface area contributed by atoms with Gasteiger partial charge in [0.15, 0.2) is 23.8 Å². The molecule has 6 fully saturated rings. The van der Waals surface area contributed by atoms with Crippen molar-refractivity contribution in [2.45, 2.75) is 134 Å². The summed E-state index contributed by atoms with van der Waals surface area (Å²) in [5.74, 6) is -1.09. The lowest BCUT2D eigenvalue weighted by molar-refractivity contribution is -0.146. The van der Waals surface area contributed by atoms with Crippen LogP contribution in [0.3, 0.4) is 0 Å². The van der Waals surface area contributed by atoms with Crippen molar-refractivity contribution < 1.29 is 46.9 Å². The number of anilines is 2. The van der Waals surface area contributed by atoms with Gasteiger partial charge in [0.25, 0.3) is 11.8 Å². The minimum absolute atomic E-state index is 0.00743. The molecule has 0 bridgehead atoms. The molecule has 18 nitrogen and oxygen atoms in total. The zero-order valence-corrected chi connectivity index (χ0v) is 44.5. The average Bonchev–Trinajstić information content (AvgIpc) is 4.47. The summed E-state index contributed by atoms with van der Waals surface area (Å²) >= 11 is 0. The summed E-state index contributed by atoms with van der Waals surface area (Å²) in [6, 6.07) is 13.9. The van der Waals surface area contributed by atoms with Gasteiger partial charge in [0.2, 0.25) is 0 Å². The fourth-order valence-corrected chi connectivity index (χ4v) is 13.6. The number of carbonyl (C=O) groups excluding carboxylic acids is 4. The molecule has 2 aromatic heterocycles. The summed E-state index contributed by atoms with van der Waals surface area (Å²) in [6.07, 6.45) is 3.30. The number of likely N-dealkylation sites (tertiary alicyclic amines) is 2. The van der Waals surface area contributed by atoms with E-state index >= 15 is 8.78 Å². The lowest BCUT2D eigenvalue weighted by atomic mass is 9.81. The minimum Gasteiger partial charge on any atom is -0.436 e. The molecule has 11 rings (SSSR count). The van der Waals surface area contributed by atoms with Crippen LogP contribution in [-0.4, -0.2) is 119 Å². The van der Waals surface area contributed by atoms with Gasteiger partial charge in [0, 0.05) is 70.1 Å². The van der Waals surface area contributed by atoms with Crippen LogP contribution in [0, 0.1) is 34.8 Å². The van der Waals surface area contributed by atoms with E-state index in [-0.39, 0.29) is 52.8 Å². The number of aromatic nitrogens is 4. The highest BCUT2D eigenvalue weighted by Gasteiger charge is 2.51. The van der Waals surface area contributed by atoms with Crippen LogP contribution in [0.25, 0.3) is 22.1 Å². The Labute approximate surface area is 446 Å². The number of primary amides is 2. The molecule has 5 aromatic rings. The fourth-order valence-electron chi connectivity index (χ4n) is 13.6. The first-order valence-corrected chi connectivity index (χ1v) is 27.7. The van der Waals surface area contributed by atoms with E-state index in [1.165, 1.54) is 12.1 Å². The van der Waals surface area contributed by atoms with Crippen molar-refractivity contribution in [3.8, 4) is 0 Å². The van der Waals surface area contributed by atoms with E-state index in [2.05, 4.69) is 54.7 Å². The molecule has 0 radical (unpaired) electrons. The van der Waals surface area contributed by atoms with Gasteiger partial charge in [-0.05, 0) is 136 Å². The summed E-state index contributed by atoms with van der Waals surface area (Å²) in [5.41, 5.74) is 15.4. The maximum atomic E-state index is 16.9. The number of nitrogens with one attached hydrogen (secondary N) is 2. The van der Waals surface area contributed by atoms with E-state index in [1.54, 1.807) is 9.80 Å². The standard InChI is InChI=1S/C57H72F2N10O8/c1-32-27-46(35-9-11-40-42(28-35)64-50(62-40)44-7-5-19-67(44)52(70)48(76-54(60)72)33-13-23-74-24-14-33)69(37-30-38(58)47(39(59)31-37)66-21-17-56(2,3)18-22-66)57(32,4)36-10-12-41-43(29-36)65-51(63-41)45-8-6-20-68(45)53(71)49(77-55(61)73)34-15-25-75-26-16-34/h9-12,28-34,44-46,48-49H,5-8,13-27H2,1-4H3,(H2,60,72)(H2,61,73)(H,62,64)(H,63,65)/t32?,44?,45?,46?,48-,49-,57+/m0/s1. The lowest BCUT2D eigenvalue weighted by Crippen LogP contribution is -2.47. The highest BCUT2D eigenvalue weighted by atomic mass is 19.1. The Morgan fingerprint density at radius 1 is 0.675 bits per heavy atom. The highest BCUT2D eigenvalue weighted by Crippen LogP contribution is 2.55. The number of carbonyl (C=O) groups is 4. The van der Waals surface area contributed by atoms with Gasteiger partial charge >= 0.3 is 12.2 Å². The first kappa shape index (κ1) is 52.5. The van der Waals surface area contributed by atoms with Gasteiger partial charge < -0.3 is 60.0 Å². The average molecular weight is 1060 g/mol. The zero-order chi connectivity index (χ0) is 53.9. The number of ether oxygens (including phenoxy) is 4. The van der Waals surface area contributed by atoms with Gasteiger partial charge in [-0.3, -0.25) is 9.59 Å². The van der Waals surface area contributed by atoms with Gasteiger partial charge in [-0.1, -0.05) is 32.9 Å². The van der Waals surface area contributed by atoms with Crippen LogP contribution in [-0.2, 0) is 34.1 Å². The first-order chi connectivity index (χ1) is 37.0. The van der Waals surface area contributed by atoms with Crippen LogP contribution < -0.4 is 21.3 Å². The molecule has 20 heteroatoms. The molecule has 4 amide bonds. The quantitative estimate of drug-likeness (QED) is 0.0918. The van der Waals surface area contributed by atoms with Crippen LogP contribution in [0.2, 0.25) is 0 Å². The number of amides is 4. The van der Waals surface area contributed by atoms with Gasteiger partial charge in [-0.15, -0.1) is 0 Å². The third kappa shape index (κ3) is 10.0. The molecule has 8 heterocycles. The van der Waals surface area contributed by atoms with E-state index in [0.717, 1.165) is 47.8 Å². The Kier molecular flexibility index (Phi) is 14.3. The van der Waals surface area contributed by atoms with Gasteiger partial charge in [-0.25, -0.2) is 28.3 Å². The monoisotopic (exact) mass is 1060 g/mol. The Morgan fingerprint density at radius 3 is 1.68 bits per heavy atom. The topological polar surface area (TPSA) is 228 Å². The van der Waals surface area contributed by atoms with E-state index in [0.29, 0.717) is 126 Å². The molecule has 4 unspecified atom stereocenters. The van der Waals surface area contributed by atoms with Crippen LogP contribution >= 0.6 is 0 Å². The lowest BCUT2D eigenvalue weighted by Gasteiger charge is -2.43. The molecule has 7 atom stereocenters. The van der Waals surface area contributed by atoms with Crippen LogP contribution in [0.5, 0.6) is 0 Å². The number of aromatic amines is 2. The summed E-state index contributed by atoms with van der Waals surface area (Å²) in [4.78, 5) is 77.4. The normalized spacial score (nSPS) is 26.2. The second-order valence-electron chi connectivity index (χ2n) is 23.3. The number of piperidine rings is 1. The third-order valence-corrected chi connectivity index (χ3v) is 18.1. The van der Waals surface area contributed by atoms with Crippen LogP contribution in [0.1, 0.15) is 139 Å². The Balaban J connectivity index is 0.931. The van der Waals surface area contributed by atoms with Gasteiger partial charge in [-0.2, -0.15) is 0 Å². The van der Waals surface area contributed by atoms with E-state index < -0.39 is 47.6 Å². The Morgan fingerprint density at radius 2 is 1.17 bits per heavy atom. The predicted molar refractivity (Wildman–Crippen MR) is 284 cm³/mol. The molecule has 6 saturated heterocycles. The molecule has 412 valence electrons. The van der Waals surface area contributed by atoms with Crippen molar-refractivity contribution in [3.63, 3.8) is 0 Å². The van der Waals surface area contributed by atoms with Crippen molar-refractivity contribution in [1.82, 2.24) is 29.7 Å². The summed E-state index contributed by atoms with van der Waals surface area (Å²) in [7, 11) is 0. The summed E-state index contributed by atoms with van der Waals surface area (Å²) in [5, 5.41) is 0. The number of nitrogens with two attached hydrogens (primary N) is 2. The van der Waals surface area contributed by atoms with Crippen LogP contribution in [0.4, 0.5) is 29.7 Å². The molecule has 6 N–H and O–H groups in total. The molecule has 77 heavy (non-hydrogen) atoms. The van der Waals surface area contributed by atoms with Gasteiger partial charge in [0.05, 0.1) is 45.7 Å². The van der Waals surface area contributed by atoms with E-state index in [9.17, 15) is 19.2 Å². The van der Waals surface area contributed by atoms with E-state index in [1.807, 2.05) is 29.2 Å². The number of benzene rings is 3. The maximum absolute atomic E-state index is 16.9. The molecule has 0 saturated carbocycles. The summed E-state index contributed by atoms with van der Waals surface area (Å²) < 4.78 is 55.9. The number of imidazole rings is 2. The second kappa shape index (κ2) is 21.0. The third-order valence-electron chi connectivity index (χ3n) is 18.1. The molecule has 0 aliphatic carbocycles. The number of fused-ring (bicyclic) bond motifs is 2. The molecule has 6 aliphatic heterocycles. The summed E-state index contributed by atoms with van der Waals surface area (Å²) in [6.45, 7) is 12.6. The van der Waals surface area contributed by atoms with Crippen molar-refractivity contribution in [2.75, 3.05) is 62.4 Å². The van der Waals surface area contributed by atoms with Crippen molar-refractivity contribution in [1.29, 1.82) is 0 Å². The number of rotatable bonds is 12. The Hall–Kier alpha value is -6.54. The number of hydrogen-bond acceptors (Lipinski definition) is 12. The van der Waals surface area contributed by atoms with Crippen molar-refractivity contribution in [3.05, 3.63) is 82.9 Å². The minimum atomic E-state index is -1.03. The number of H-pyrrole nitrogens is 2. The highest BCUT2D eigenvalue weighted by molar-refractivity contribution is 5.86.